The lowest BCUT2D eigenvalue weighted by molar-refractivity contribution is 0.664. The van der Waals surface area contributed by atoms with Crippen molar-refractivity contribution in [3.8, 4) is 5.69 Å². The number of nitrogens with one attached hydrogen (secondary N) is 1. The third-order valence-corrected chi connectivity index (χ3v) is 8.02. The molecule has 6 aromatic carbocycles. The Hall–Kier alpha value is -5.41. The summed E-state index contributed by atoms with van der Waals surface area (Å²) in [6, 6.07) is 51.6. The first-order valence-electron chi connectivity index (χ1n) is 14.0. The van der Waals surface area contributed by atoms with E-state index in [0.717, 1.165) is 33.8 Å². The maximum absolute atomic E-state index is 5.15. The Morgan fingerprint density at radius 3 is 1.98 bits per heavy atom. The SMILES string of the molecule is C1=C(c2ccccc2)NC(c2ccc(-n3c4ccccc4c4ccc5ccccc5c43)cc2)N=C1c1ccccc1. The molecule has 1 aliphatic rings. The number of allylic oxidation sites excluding steroid dienone is 1. The molecular weight excluding hydrogens is 498 g/mol. The van der Waals surface area contributed by atoms with E-state index in [0.29, 0.717) is 0 Å². The Balaban J connectivity index is 1.25. The molecule has 0 bridgehead atoms. The van der Waals surface area contributed by atoms with Gasteiger partial charge < -0.3 is 9.88 Å². The van der Waals surface area contributed by atoms with Crippen molar-refractivity contribution in [3.05, 3.63) is 168 Å². The fourth-order valence-electron chi connectivity index (χ4n) is 6.05. The monoisotopic (exact) mass is 525 g/mol. The largest absolute Gasteiger partial charge is 0.360 e. The molecule has 1 aliphatic heterocycles. The predicted molar refractivity (Wildman–Crippen MR) is 172 cm³/mol. The lowest BCUT2D eigenvalue weighted by Crippen LogP contribution is -2.24. The molecule has 2 heterocycles. The summed E-state index contributed by atoms with van der Waals surface area (Å²) in [5, 5.41) is 8.73. The van der Waals surface area contributed by atoms with Crippen LogP contribution in [-0.4, -0.2) is 10.3 Å². The van der Waals surface area contributed by atoms with Gasteiger partial charge in [-0.3, -0.25) is 4.99 Å². The summed E-state index contributed by atoms with van der Waals surface area (Å²) >= 11 is 0. The summed E-state index contributed by atoms with van der Waals surface area (Å²) in [5.74, 6) is 0. The molecule has 1 N–H and O–H groups in total. The summed E-state index contributed by atoms with van der Waals surface area (Å²) in [6.07, 6.45) is 1.96. The summed E-state index contributed by atoms with van der Waals surface area (Å²) in [5.41, 5.74) is 9.02. The quantitative estimate of drug-likeness (QED) is 0.244. The number of aliphatic imine (C=N–C) groups is 1. The van der Waals surface area contributed by atoms with Crippen LogP contribution >= 0.6 is 0 Å². The smallest absolute Gasteiger partial charge is 0.145 e. The molecule has 3 nitrogen and oxygen atoms in total. The number of aromatic nitrogens is 1. The zero-order chi connectivity index (χ0) is 27.2. The first-order chi connectivity index (χ1) is 20.3. The second kappa shape index (κ2) is 9.65. The van der Waals surface area contributed by atoms with E-state index in [1.165, 1.54) is 32.6 Å². The van der Waals surface area contributed by atoms with Crippen LogP contribution in [0.5, 0.6) is 0 Å². The number of hydrogen-bond acceptors (Lipinski definition) is 2. The molecule has 3 heteroatoms. The average molecular weight is 526 g/mol. The van der Waals surface area contributed by atoms with Gasteiger partial charge in [0.15, 0.2) is 0 Å². The van der Waals surface area contributed by atoms with E-state index in [9.17, 15) is 0 Å². The molecule has 1 atom stereocenters. The normalized spacial score (nSPS) is 15.1. The number of hydrogen-bond donors (Lipinski definition) is 1. The molecule has 1 aromatic heterocycles. The minimum Gasteiger partial charge on any atom is -0.360 e. The summed E-state index contributed by atoms with van der Waals surface area (Å²) in [4.78, 5) is 5.15. The van der Waals surface area contributed by atoms with Crippen LogP contribution in [0.1, 0.15) is 22.9 Å². The maximum atomic E-state index is 5.15. The number of benzene rings is 6. The Morgan fingerprint density at radius 1 is 0.537 bits per heavy atom. The van der Waals surface area contributed by atoms with Crippen molar-refractivity contribution in [2.75, 3.05) is 0 Å². The van der Waals surface area contributed by atoms with Crippen LogP contribution in [0.25, 0.3) is 44.0 Å². The molecule has 41 heavy (non-hydrogen) atoms. The van der Waals surface area contributed by atoms with Crippen molar-refractivity contribution in [2.24, 2.45) is 4.99 Å². The average Bonchev–Trinajstić information content (AvgIpc) is 3.40. The van der Waals surface area contributed by atoms with E-state index >= 15 is 0 Å². The van der Waals surface area contributed by atoms with Gasteiger partial charge in [-0.1, -0.05) is 127 Å². The van der Waals surface area contributed by atoms with Crippen molar-refractivity contribution < 1.29 is 0 Å². The molecule has 0 fully saturated rings. The van der Waals surface area contributed by atoms with E-state index < -0.39 is 0 Å². The molecule has 0 saturated heterocycles. The molecule has 1 unspecified atom stereocenters. The van der Waals surface area contributed by atoms with Crippen molar-refractivity contribution in [1.82, 2.24) is 9.88 Å². The number of nitrogens with zero attached hydrogens (tertiary/aromatic N) is 2. The lowest BCUT2D eigenvalue weighted by Gasteiger charge is -2.25. The highest BCUT2D eigenvalue weighted by atomic mass is 15.1. The first kappa shape index (κ1) is 23.5. The van der Waals surface area contributed by atoms with E-state index in [2.05, 4.69) is 149 Å². The van der Waals surface area contributed by atoms with Gasteiger partial charge in [0.05, 0.1) is 16.7 Å². The van der Waals surface area contributed by atoms with Crippen LogP contribution in [0.15, 0.2) is 157 Å². The van der Waals surface area contributed by atoms with Crippen molar-refractivity contribution in [1.29, 1.82) is 0 Å². The van der Waals surface area contributed by atoms with Gasteiger partial charge in [-0.15, -0.1) is 0 Å². The Kier molecular flexibility index (Phi) is 5.53. The number of rotatable bonds is 4. The minimum atomic E-state index is -0.196. The second-order valence-electron chi connectivity index (χ2n) is 10.5. The van der Waals surface area contributed by atoms with Gasteiger partial charge in [-0.25, -0.2) is 0 Å². The highest BCUT2D eigenvalue weighted by Crippen LogP contribution is 2.37. The minimum absolute atomic E-state index is 0.196. The number of fused-ring (bicyclic) bond motifs is 5. The van der Waals surface area contributed by atoms with Gasteiger partial charge in [0.25, 0.3) is 0 Å². The van der Waals surface area contributed by atoms with Crippen LogP contribution in [0.4, 0.5) is 0 Å². The van der Waals surface area contributed by atoms with Gasteiger partial charge in [-0.05, 0) is 46.4 Å². The van der Waals surface area contributed by atoms with Gasteiger partial charge in [0, 0.05) is 27.5 Å². The topological polar surface area (TPSA) is 29.3 Å². The Morgan fingerprint density at radius 2 is 1.20 bits per heavy atom. The molecule has 7 aromatic rings. The standard InChI is InChI=1S/C38H27N3/c1-3-12-27(13-4-1)34-25-35(28-14-5-2-6-15-28)40-38(39-34)29-19-22-30(23-20-29)41-36-18-10-9-17-32(36)33-24-21-26-11-7-8-16-31(26)37(33)41/h1-25,38-39H. The molecule has 0 amide bonds. The molecule has 0 spiro atoms. The van der Waals surface area contributed by atoms with Crippen LogP contribution in [0.3, 0.4) is 0 Å². The predicted octanol–water partition coefficient (Wildman–Crippen LogP) is 9.07. The van der Waals surface area contributed by atoms with E-state index in [1.54, 1.807) is 0 Å². The van der Waals surface area contributed by atoms with Crippen LogP contribution in [-0.2, 0) is 0 Å². The fourth-order valence-corrected chi connectivity index (χ4v) is 6.05. The molecule has 0 saturated carbocycles. The van der Waals surface area contributed by atoms with Crippen LogP contribution in [0, 0.1) is 0 Å². The highest BCUT2D eigenvalue weighted by Gasteiger charge is 2.20. The molecule has 0 radical (unpaired) electrons. The maximum Gasteiger partial charge on any atom is 0.145 e. The van der Waals surface area contributed by atoms with Crippen LogP contribution < -0.4 is 5.32 Å². The third kappa shape index (κ3) is 4.02. The first-order valence-corrected chi connectivity index (χ1v) is 14.0. The van der Waals surface area contributed by atoms with Crippen molar-refractivity contribution in [3.63, 3.8) is 0 Å². The van der Waals surface area contributed by atoms with Crippen LogP contribution in [0.2, 0.25) is 0 Å². The van der Waals surface area contributed by atoms with Gasteiger partial charge in [-0.2, -0.15) is 0 Å². The third-order valence-electron chi connectivity index (χ3n) is 8.02. The molecule has 0 aliphatic carbocycles. The van der Waals surface area contributed by atoms with E-state index in [1.807, 2.05) is 12.1 Å². The second-order valence-corrected chi connectivity index (χ2v) is 10.5. The fraction of sp³-hybridized carbons (Fsp3) is 0.0263. The highest BCUT2D eigenvalue weighted by molar-refractivity contribution is 6.18. The zero-order valence-corrected chi connectivity index (χ0v) is 22.4. The van der Waals surface area contributed by atoms with E-state index in [4.69, 9.17) is 4.99 Å². The van der Waals surface area contributed by atoms with Gasteiger partial charge in [0.1, 0.15) is 6.17 Å². The zero-order valence-electron chi connectivity index (χ0n) is 22.4. The summed E-state index contributed by atoms with van der Waals surface area (Å²) in [6.45, 7) is 0. The van der Waals surface area contributed by atoms with Crippen molar-refractivity contribution >= 4 is 44.0 Å². The molecule has 194 valence electrons. The molecular formula is C38H27N3. The van der Waals surface area contributed by atoms with Gasteiger partial charge in [0.2, 0.25) is 0 Å². The Bertz CT molecular complexity index is 2100. The van der Waals surface area contributed by atoms with Crippen molar-refractivity contribution in [2.45, 2.75) is 6.17 Å². The lowest BCUT2D eigenvalue weighted by atomic mass is 10.0. The van der Waals surface area contributed by atoms with E-state index in [-0.39, 0.29) is 6.17 Å². The summed E-state index contributed by atoms with van der Waals surface area (Å²) < 4.78 is 2.40. The van der Waals surface area contributed by atoms with Gasteiger partial charge >= 0.3 is 0 Å². The summed E-state index contributed by atoms with van der Waals surface area (Å²) in [7, 11) is 0. The Labute approximate surface area is 238 Å². The molecule has 8 rings (SSSR count). The number of para-hydroxylation sites is 1.